The topological polar surface area (TPSA) is 47.6 Å². The van der Waals surface area contributed by atoms with Crippen molar-refractivity contribution in [3.05, 3.63) is 65.2 Å². The summed E-state index contributed by atoms with van der Waals surface area (Å²) in [6.45, 7) is 1.55. The van der Waals surface area contributed by atoms with Gasteiger partial charge in [0.2, 0.25) is 0 Å². The van der Waals surface area contributed by atoms with Crippen molar-refractivity contribution >= 4 is 12.0 Å². The van der Waals surface area contributed by atoms with Crippen molar-refractivity contribution in [2.24, 2.45) is 5.92 Å². The number of hydrogen-bond donors (Lipinski definition) is 1. The number of para-hydroxylation sites is 2. The summed E-state index contributed by atoms with van der Waals surface area (Å²) in [5.74, 6) is 2.01. The van der Waals surface area contributed by atoms with E-state index in [1.165, 1.54) is 5.56 Å². The molecule has 2 aliphatic heterocycles. The summed E-state index contributed by atoms with van der Waals surface area (Å²) in [4.78, 5) is 12.4. The van der Waals surface area contributed by atoms with Crippen LogP contribution < -0.4 is 14.8 Å². The van der Waals surface area contributed by atoms with E-state index in [0.29, 0.717) is 31.2 Å². The summed E-state index contributed by atoms with van der Waals surface area (Å²) < 4.78 is 11.4. The van der Waals surface area contributed by atoms with Gasteiger partial charge in [0, 0.05) is 18.0 Å². The molecule has 2 heterocycles. The first kappa shape index (κ1) is 14.8. The standard InChI is InChI=1S/C20H19NO3/c22-20(17-10-16-6-2-4-8-19(16)24-13-17)21-11-14-9-15-5-1-3-7-18(15)23-12-14/h1-8,10,14H,9,11-13H2,(H,21,22). The average Bonchev–Trinajstić information content (AvgIpc) is 2.65. The molecule has 2 aromatic carbocycles. The summed E-state index contributed by atoms with van der Waals surface area (Å²) in [5.41, 5.74) is 2.81. The lowest BCUT2D eigenvalue weighted by Gasteiger charge is -2.25. The molecule has 122 valence electrons. The molecule has 4 heteroatoms. The summed E-state index contributed by atoms with van der Waals surface area (Å²) in [7, 11) is 0. The Hall–Kier alpha value is -2.75. The highest BCUT2D eigenvalue weighted by atomic mass is 16.5. The third-order valence-corrected chi connectivity index (χ3v) is 4.43. The summed E-state index contributed by atoms with van der Waals surface area (Å²) in [6.07, 6.45) is 2.83. The lowest BCUT2D eigenvalue weighted by Crippen LogP contribution is -2.36. The van der Waals surface area contributed by atoms with Crippen molar-refractivity contribution in [1.82, 2.24) is 5.32 Å². The van der Waals surface area contributed by atoms with Crippen LogP contribution >= 0.6 is 0 Å². The molecule has 2 aliphatic rings. The highest BCUT2D eigenvalue weighted by Crippen LogP contribution is 2.27. The number of benzene rings is 2. The highest BCUT2D eigenvalue weighted by molar-refractivity contribution is 5.99. The molecule has 1 N–H and O–H groups in total. The Balaban J connectivity index is 1.37. The Morgan fingerprint density at radius 3 is 2.75 bits per heavy atom. The van der Waals surface area contributed by atoms with Crippen LogP contribution in [0.5, 0.6) is 11.5 Å². The van der Waals surface area contributed by atoms with E-state index >= 15 is 0 Å². The first-order valence-electron chi connectivity index (χ1n) is 8.21. The van der Waals surface area contributed by atoms with Gasteiger partial charge in [-0.2, -0.15) is 0 Å². The Morgan fingerprint density at radius 2 is 1.83 bits per heavy atom. The van der Waals surface area contributed by atoms with Crippen LogP contribution in [0, 0.1) is 5.92 Å². The molecule has 1 amide bonds. The van der Waals surface area contributed by atoms with E-state index in [2.05, 4.69) is 11.4 Å². The number of nitrogens with one attached hydrogen (secondary N) is 1. The van der Waals surface area contributed by atoms with Crippen molar-refractivity contribution in [1.29, 1.82) is 0 Å². The molecule has 4 nitrogen and oxygen atoms in total. The van der Waals surface area contributed by atoms with E-state index in [4.69, 9.17) is 9.47 Å². The molecule has 0 radical (unpaired) electrons. The molecule has 2 aromatic rings. The molecule has 0 bridgehead atoms. The van der Waals surface area contributed by atoms with Crippen LogP contribution in [0.25, 0.3) is 6.08 Å². The Kier molecular flexibility index (Phi) is 3.95. The molecule has 4 rings (SSSR count). The van der Waals surface area contributed by atoms with Gasteiger partial charge in [-0.05, 0) is 30.2 Å². The van der Waals surface area contributed by atoms with Gasteiger partial charge in [0.1, 0.15) is 18.1 Å². The maximum Gasteiger partial charge on any atom is 0.250 e. The molecule has 24 heavy (non-hydrogen) atoms. The molecular weight excluding hydrogens is 302 g/mol. The first-order chi connectivity index (χ1) is 11.8. The van der Waals surface area contributed by atoms with Crippen molar-refractivity contribution < 1.29 is 14.3 Å². The van der Waals surface area contributed by atoms with Gasteiger partial charge in [-0.3, -0.25) is 4.79 Å². The fraction of sp³-hybridized carbons (Fsp3) is 0.250. The van der Waals surface area contributed by atoms with Crippen LogP contribution in [-0.4, -0.2) is 25.7 Å². The lowest BCUT2D eigenvalue weighted by molar-refractivity contribution is -0.118. The van der Waals surface area contributed by atoms with Crippen LogP contribution in [0.4, 0.5) is 0 Å². The van der Waals surface area contributed by atoms with Gasteiger partial charge in [0.15, 0.2) is 0 Å². The van der Waals surface area contributed by atoms with Crippen LogP contribution in [0.3, 0.4) is 0 Å². The quantitative estimate of drug-likeness (QED) is 0.945. The minimum atomic E-state index is -0.0663. The maximum atomic E-state index is 12.4. The van der Waals surface area contributed by atoms with Crippen molar-refractivity contribution in [3.8, 4) is 11.5 Å². The average molecular weight is 321 g/mol. The van der Waals surface area contributed by atoms with Crippen molar-refractivity contribution in [2.45, 2.75) is 6.42 Å². The van der Waals surface area contributed by atoms with Gasteiger partial charge in [-0.15, -0.1) is 0 Å². The third-order valence-electron chi connectivity index (χ3n) is 4.43. The van der Waals surface area contributed by atoms with Gasteiger partial charge >= 0.3 is 0 Å². The normalized spacial score (nSPS) is 18.3. The number of carbonyl (C=O) groups excluding carboxylic acids is 1. The summed E-state index contributed by atoms with van der Waals surface area (Å²) in [6, 6.07) is 15.8. The smallest absolute Gasteiger partial charge is 0.250 e. The second-order valence-corrected chi connectivity index (χ2v) is 6.19. The zero-order valence-corrected chi connectivity index (χ0v) is 13.3. The fourth-order valence-electron chi connectivity index (χ4n) is 3.12. The third kappa shape index (κ3) is 3.00. The monoisotopic (exact) mass is 321 g/mol. The van der Waals surface area contributed by atoms with E-state index < -0.39 is 0 Å². The maximum absolute atomic E-state index is 12.4. The molecule has 0 saturated heterocycles. The minimum Gasteiger partial charge on any atom is -0.493 e. The molecule has 0 aliphatic carbocycles. The van der Waals surface area contributed by atoms with Gasteiger partial charge in [0.05, 0.1) is 12.2 Å². The second kappa shape index (κ2) is 6.40. The zero-order valence-electron chi connectivity index (χ0n) is 13.3. The van der Waals surface area contributed by atoms with E-state index in [0.717, 1.165) is 23.5 Å². The predicted molar refractivity (Wildman–Crippen MR) is 92.1 cm³/mol. The Morgan fingerprint density at radius 1 is 1.04 bits per heavy atom. The van der Waals surface area contributed by atoms with Gasteiger partial charge in [0.25, 0.3) is 5.91 Å². The van der Waals surface area contributed by atoms with Crippen molar-refractivity contribution in [3.63, 3.8) is 0 Å². The Bertz CT molecular complexity index is 797. The number of hydrogen-bond acceptors (Lipinski definition) is 3. The molecule has 1 atom stereocenters. The molecule has 0 spiro atoms. The molecule has 0 fully saturated rings. The van der Waals surface area contributed by atoms with Crippen LogP contribution in [0.1, 0.15) is 11.1 Å². The Labute approximate surface area is 141 Å². The minimum absolute atomic E-state index is 0.0663. The fourth-order valence-corrected chi connectivity index (χ4v) is 3.12. The number of amides is 1. The van der Waals surface area contributed by atoms with E-state index in [-0.39, 0.29) is 5.91 Å². The molecule has 1 unspecified atom stereocenters. The molecule has 0 aromatic heterocycles. The largest absolute Gasteiger partial charge is 0.493 e. The second-order valence-electron chi connectivity index (χ2n) is 6.19. The first-order valence-corrected chi connectivity index (χ1v) is 8.21. The molecule has 0 saturated carbocycles. The van der Waals surface area contributed by atoms with Gasteiger partial charge in [-0.25, -0.2) is 0 Å². The number of fused-ring (bicyclic) bond motifs is 2. The van der Waals surface area contributed by atoms with E-state index in [1.54, 1.807) is 0 Å². The van der Waals surface area contributed by atoms with Gasteiger partial charge < -0.3 is 14.8 Å². The zero-order chi connectivity index (χ0) is 16.4. The van der Waals surface area contributed by atoms with Crippen LogP contribution in [0.15, 0.2) is 54.1 Å². The SMILES string of the molecule is O=C(NCC1COc2ccccc2C1)C1=Cc2ccccc2OC1. The number of carbonyl (C=O) groups is 1. The molecular formula is C20H19NO3. The van der Waals surface area contributed by atoms with Gasteiger partial charge in [-0.1, -0.05) is 36.4 Å². The summed E-state index contributed by atoms with van der Waals surface area (Å²) >= 11 is 0. The van der Waals surface area contributed by atoms with E-state index in [9.17, 15) is 4.79 Å². The predicted octanol–water partition coefficient (Wildman–Crippen LogP) is 2.83. The van der Waals surface area contributed by atoms with Crippen LogP contribution in [0.2, 0.25) is 0 Å². The number of rotatable bonds is 3. The van der Waals surface area contributed by atoms with Crippen molar-refractivity contribution in [2.75, 3.05) is 19.8 Å². The lowest BCUT2D eigenvalue weighted by atomic mass is 9.96. The number of ether oxygens (including phenoxy) is 2. The highest BCUT2D eigenvalue weighted by Gasteiger charge is 2.22. The summed E-state index contributed by atoms with van der Waals surface area (Å²) in [5, 5.41) is 3.02. The van der Waals surface area contributed by atoms with E-state index in [1.807, 2.05) is 48.5 Å². The van der Waals surface area contributed by atoms with Crippen LogP contribution in [-0.2, 0) is 11.2 Å².